The van der Waals surface area contributed by atoms with E-state index in [1.165, 1.54) is 11.3 Å². The summed E-state index contributed by atoms with van der Waals surface area (Å²) in [5.74, 6) is -0.116. The molecule has 4 nitrogen and oxygen atoms in total. The SMILES string of the molecule is CC(CNC(=O)c1ccccn1)N1CCc2ccccc21. The van der Waals surface area contributed by atoms with Gasteiger partial charge in [0.1, 0.15) is 5.69 Å². The van der Waals surface area contributed by atoms with Crippen LogP contribution >= 0.6 is 0 Å². The summed E-state index contributed by atoms with van der Waals surface area (Å²) in [5.41, 5.74) is 3.14. The fraction of sp³-hybridized carbons (Fsp3) is 0.294. The van der Waals surface area contributed by atoms with Gasteiger partial charge in [-0.1, -0.05) is 24.3 Å². The number of amides is 1. The van der Waals surface area contributed by atoms with E-state index >= 15 is 0 Å². The fourth-order valence-corrected chi connectivity index (χ4v) is 2.76. The maximum atomic E-state index is 12.0. The van der Waals surface area contributed by atoms with Crippen molar-refractivity contribution in [1.82, 2.24) is 10.3 Å². The third kappa shape index (κ3) is 2.89. The van der Waals surface area contributed by atoms with Gasteiger partial charge in [0, 0.05) is 31.0 Å². The van der Waals surface area contributed by atoms with E-state index in [-0.39, 0.29) is 11.9 Å². The van der Waals surface area contributed by atoms with Crippen LogP contribution in [0.5, 0.6) is 0 Å². The first-order valence-electron chi connectivity index (χ1n) is 7.29. The van der Waals surface area contributed by atoms with Crippen molar-refractivity contribution in [2.24, 2.45) is 0 Å². The van der Waals surface area contributed by atoms with E-state index in [1.807, 2.05) is 6.07 Å². The minimum absolute atomic E-state index is 0.116. The first kappa shape index (κ1) is 13.6. The van der Waals surface area contributed by atoms with Crippen LogP contribution in [0.2, 0.25) is 0 Å². The Morgan fingerprint density at radius 1 is 1.29 bits per heavy atom. The number of anilines is 1. The van der Waals surface area contributed by atoms with Crippen LogP contribution in [0.25, 0.3) is 0 Å². The van der Waals surface area contributed by atoms with Crippen molar-refractivity contribution in [2.45, 2.75) is 19.4 Å². The van der Waals surface area contributed by atoms with E-state index in [1.54, 1.807) is 18.3 Å². The second kappa shape index (κ2) is 5.95. The van der Waals surface area contributed by atoms with E-state index in [2.05, 4.69) is 46.4 Å². The number of nitrogens with zero attached hydrogens (tertiary/aromatic N) is 2. The quantitative estimate of drug-likeness (QED) is 0.935. The molecule has 0 spiro atoms. The molecule has 1 amide bonds. The van der Waals surface area contributed by atoms with Crippen LogP contribution in [0.4, 0.5) is 5.69 Å². The first-order valence-corrected chi connectivity index (χ1v) is 7.29. The van der Waals surface area contributed by atoms with Gasteiger partial charge in [-0.15, -0.1) is 0 Å². The molecule has 1 unspecified atom stereocenters. The molecule has 0 saturated carbocycles. The molecule has 0 fully saturated rings. The highest BCUT2D eigenvalue weighted by Crippen LogP contribution is 2.28. The maximum Gasteiger partial charge on any atom is 0.269 e. The lowest BCUT2D eigenvalue weighted by atomic mass is 10.2. The summed E-state index contributed by atoms with van der Waals surface area (Å²) >= 11 is 0. The fourth-order valence-electron chi connectivity index (χ4n) is 2.76. The molecule has 1 N–H and O–H groups in total. The standard InChI is InChI=1S/C17H19N3O/c1-13(12-19-17(21)15-7-4-5-10-18-15)20-11-9-14-6-2-3-8-16(14)20/h2-8,10,13H,9,11-12H2,1H3,(H,19,21). The maximum absolute atomic E-state index is 12.0. The molecule has 1 aliphatic rings. The third-order valence-electron chi connectivity index (χ3n) is 3.91. The smallest absolute Gasteiger partial charge is 0.269 e. The molecule has 0 aliphatic carbocycles. The molecule has 108 valence electrons. The molecule has 0 radical (unpaired) electrons. The van der Waals surface area contributed by atoms with Crippen molar-refractivity contribution in [3.8, 4) is 0 Å². The van der Waals surface area contributed by atoms with E-state index in [0.29, 0.717) is 12.2 Å². The molecule has 2 heterocycles. The number of fused-ring (bicyclic) bond motifs is 1. The molecule has 1 aromatic heterocycles. The van der Waals surface area contributed by atoms with Crippen molar-refractivity contribution < 1.29 is 4.79 Å². The van der Waals surface area contributed by atoms with Gasteiger partial charge in [0.25, 0.3) is 5.91 Å². The Labute approximate surface area is 124 Å². The largest absolute Gasteiger partial charge is 0.366 e. The van der Waals surface area contributed by atoms with Crippen LogP contribution in [0.15, 0.2) is 48.7 Å². The number of carbonyl (C=O) groups excluding carboxylic acids is 1. The lowest BCUT2D eigenvalue weighted by Crippen LogP contribution is -2.41. The number of nitrogens with one attached hydrogen (secondary N) is 1. The highest BCUT2D eigenvalue weighted by Gasteiger charge is 2.23. The Morgan fingerprint density at radius 3 is 2.90 bits per heavy atom. The van der Waals surface area contributed by atoms with Gasteiger partial charge in [-0.25, -0.2) is 0 Å². The van der Waals surface area contributed by atoms with Crippen LogP contribution < -0.4 is 10.2 Å². The number of hydrogen-bond donors (Lipinski definition) is 1. The Balaban J connectivity index is 1.61. The molecule has 3 rings (SSSR count). The molecule has 0 bridgehead atoms. The number of para-hydroxylation sites is 1. The predicted octanol–water partition coefficient (Wildman–Crippen LogP) is 2.26. The number of rotatable bonds is 4. The van der Waals surface area contributed by atoms with Crippen LogP contribution in [0.3, 0.4) is 0 Å². The summed E-state index contributed by atoms with van der Waals surface area (Å²) in [7, 11) is 0. The van der Waals surface area contributed by atoms with Crippen molar-refractivity contribution >= 4 is 11.6 Å². The van der Waals surface area contributed by atoms with Crippen molar-refractivity contribution in [2.75, 3.05) is 18.0 Å². The van der Waals surface area contributed by atoms with Crippen molar-refractivity contribution in [3.05, 3.63) is 59.9 Å². The molecule has 21 heavy (non-hydrogen) atoms. The molecule has 1 aromatic carbocycles. The zero-order chi connectivity index (χ0) is 14.7. The van der Waals surface area contributed by atoms with E-state index in [4.69, 9.17) is 0 Å². The third-order valence-corrected chi connectivity index (χ3v) is 3.91. The van der Waals surface area contributed by atoms with Gasteiger partial charge in [0.15, 0.2) is 0 Å². The Hall–Kier alpha value is -2.36. The predicted molar refractivity (Wildman–Crippen MR) is 83.5 cm³/mol. The first-order chi connectivity index (χ1) is 10.3. The van der Waals surface area contributed by atoms with E-state index in [0.717, 1.165) is 13.0 Å². The summed E-state index contributed by atoms with van der Waals surface area (Å²) in [4.78, 5) is 18.4. The number of aromatic nitrogens is 1. The second-order valence-electron chi connectivity index (χ2n) is 5.35. The summed E-state index contributed by atoms with van der Waals surface area (Å²) in [6, 6.07) is 14.1. The summed E-state index contributed by atoms with van der Waals surface area (Å²) in [6.07, 6.45) is 2.71. The highest BCUT2D eigenvalue weighted by atomic mass is 16.1. The van der Waals surface area contributed by atoms with Crippen LogP contribution in [0, 0.1) is 0 Å². The Morgan fingerprint density at radius 2 is 2.10 bits per heavy atom. The molecule has 1 aliphatic heterocycles. The monoisotopic (exact) mass is 281 g/mol. The molecular weight excluding hydrogens is 262 g/mol. The van der Waals surface area contributed by atoms with Crippen LogP contribution in [0.1, 0.15) is 23.0 Å². The second-order valence-corrected chi connectivity index (χ2v) is 5.35. The number of pyridine rings is 1. The molecule has 0 saturated heterocycles. The molecule has 1 atom stereocenters. The van der Waals surface area contributed by atoms with Crippen LogP contribution in [-0.4, -0.2) is 30.0 Å². The molecule has 4 heteroatoms. The Kier molecular flexibility index (Phi) is 3.86. The van der Waals surface area contributed by atoms with Gasteiger partial charge in [-0.3, -0.25) is 9.78 Å². The van der Waals surface area contributed by atoms with Gasteiger partial charge < -0.3 is 10.2 Å². The number of hydrogen-bond acceptors (Lipinski definition) is 3. The average Bonchev–Trinajstić information content (AvgIpc) is 2.97. The van der Waals surface area contributed by atoms with E-state index in [9.17, 15) is 4.79 Å². The van der Waals surface area contributed by atoms with Gasteiger partial charge in [0.05, 0.1) is 0 Å². The summed E-state index contributed by atoms with van der Waals surface area (Å²) in [6.45, 7) is 3.77. The minimum Gasteiger partial charge on any atom is -0.366 e. The minimum atomic E-state index is -0.116. The zero-order valence-electron chi connectivity index (χ0n) is 12.1. The normalized spacial score (nSPS) is 14.6. The highest BCUT2D eigenvalue weighted by molar-refractivity contribution is 5.92. The molecule has 2 aromatic rings. The van der Waals surface area contributed by atoms with Crippen molar-refractivity contribution in [3.63, 3.8) is 0 Å². The van der Waals surface area contributed by atoms with Crippen molar-refractivity contribution in [1.29, 1.82) is 0 Å². The zero-order valence-corrected chi connectivity index (χ0v) is 12.1. The number of benzene rings is 1. The van der Waals surface area contributed by atoms with Gasteiger partial charge in [0.2, 0.25) is 0 Å². The Bertz CT molecular complexity index is 627. The number of carbonyl (C=O) groups is 1. The van der Waals surface area contributed by atoms with Gasteiger partial charge in [-0.05, 0) is 37.1 Å². The van der Waals surface area contributed by atoms with Gasteiger partial charge >= 0.3 is 0 Å². The lowest BCUT2D eigenvalue weighted by molar-refractivity contribution is 0.0946. The molecular formula is C17H19N3O. The lowest BCUT2D eigenvalue weighted by Gasteiger charge is -2.27. The summed E-state index contributed by atoms with van der Waals surface area (Å²) in [5, 5.41) is 2.96. The summed E-state index contributed by atoms with van der Waals surface area (Å²) < 4.78 is 0. The van der Waals surface area contributed by atoms with E-state index < -0.39 is 0 Å². The van der Waals surface area contributed by atoms with Crippen LogP contribution in [-0.2, 0) is 6.42 Å². The topological polar surface area (TPSA) is 45.2 Å². The average molecular weight is 281 g/mol. The van der Waals surface area contributed by atoms with Gasteiger partial charge in [-0.2, -0.15) is 0 Å².